The van der Waals surface area contributed by atoms with E-state index in [9.17, 15) is 4.79 Å². The maximum atomic E-state index is 12.5. The summed E-state index contributed by atoms with van der Waals surface area (Å²) < 4.78 is 5.99. The predicted octanol–water partition coefficient (Wildman–Crippen LogP) is 12.5. The van der Waals surface area contributed by atoms with Gasteiger partial charge < -0.3 is 9.64 Å². The highest BCUT2D eigenvalue weighted by Crippen LogP contribution is 2.18. The molecule has 3 heteroatoms. The summed E-state index contributed by atoms with van der Waals surface area (Å²) in [6.45, 7) is 5.50. The number of esters is 1. The van der Waals surface area contributed by atoms with Gasteiger partial charge in [-0.1, -0.05) is 128 Å². The van der Waals surface area contributed by atoms with Gasteiger partial charge in [0.15, 0.2) is 0 Å². The van der Waals surface area contributed by atoms with Crippen LogP contribution in [0, 0.1) is 0 Å². The Morgan fingerprint density at radius 1 is 0.524 bits per heavy atom. The Hall–Kier alpha value is -1.09. The normalized spacial score (nSPS) is 12.7. The summed E-state index contributed by atoms with van der Waals surface area (Å²) in [6.07, 6.45) is 44.8. The molecule has 0 fully saturated rings. The van der Waals surface area contributed by atoms with Crippen LogP contribution in [0.4, 0.5) is 0 Å². The van der Waals surface area contributed by atoms with Gasteiger partial charge in [-0.3, -0.25) is 4.79 Å². The van der Waals surface area contributed by atoms with Crippen LogP contribution in [-0.4, -0.2) is 37.6 Å². The molecule has 0 saturated heterocycles. The molecule has 248 valence electrons. The Kier molecular flexibility index (Phi) is 33.5. The number of nitrogens with zero attached hydrogens (tertiary/aromatic N) is 1. The minimum absolute atomic E-state index is 0.0127. The van der Waals surface area contributed by atoms with E-state index in [1.807, 2.05) is 0 Å². The van der Waals surface area contributed by atoms with E-state index in [1.165, 1.54) is 154 Å². The molecule has 0 N–H and O–H groups in total. The summed E-state index contributed by atoms with van der Waals surface area (Å²) >= 11 is 0. The Balaban J connectivity index is 3.99. The van der Waals surface area contributed by atoms with Gasteiger partial charge >= 0.3 is 5.97 Å². The van der Waals surface area contributed by atoms with Gasteiger partial charge in [-0.05, 0) is 104 Å². The maximum absolute atomic E-state index is 12.5. The Labute approximate surface area is 264 Å². The quantitative estimate of drug-likeness (QED) is 0.0433. The van der Waals surface area contributed by atoms with E-state index in [1.54, 1.807) is 0 Å². The Morgan fingerprint density at radius 3 is 1.26 bits per heavy atom. The standard InChI is InChI=1S/C39H75NO2/c1-5-7-9-11-13-15-17-19-21-23-25-27-29-31-34-38(42-39(41)36-33-37-40(3)4)35-32-30-28-26-24-22-20-18-16-14-12-10-8-6-2/h15-18,38H,5-14,19-37H2,1-4H3. The minimum atomic E-state index is 0.0127. The topological polar surface area (TPSA) is 29.5 Å². The van der Waals surface area contributed by atoms with Gasteiger partial charge in [0.05, 0.1) is 0 Å². The summed E-state index contributed by atoms with van der Waals surface area (Å²) in [6, 6.07) is 0. The van der Waals surface area contributed by atoms with Crippen LogP contribution >= 0.6 is 0 Å². The van der Waals surface area contributed by atoms with Gasteiger partial charge in [0, 0.05) is 6.42 Å². The summed E-state index contributed by atoms with van der Waals surface area (Å²) in [5.41, 5.74) is 0. The first-order valence-electron chi connectivity index (χ1n) is 18.7. The molecule has 0 radical (unpaired) electrons. The molecule has 0 aromatic rings. The Bertz CT molecular complexity index is 559. The summed E-state index contributed by atoms with van der Waals surface area (Å²) in [7, 11) is 4.12. The van der Waals surface area contributed by atoms with Crippen molar-refractivity contribution >= 4 is 5.97 Å². The fourth-order valence-corrected chi connectivity index (χ4v) is 5.58. The van der Waals surface area contributed by atoms with E-state index in [4.69, 9.17) is 4.74 Å². The number of unbranched alkanes of at least 4 members (excludes halogenated alkanes) is 20. The first-order chi connectivity index (χ1) is 20.6. The lowest BCUT2D eigenvalue weighted by Crippen LogP contribution is -2.20. The van der Waals surface area contributed by atoms with Crippen molar-refractivity contribution in [1.82, 2.24) is 4.90 Å². The molecule has 0 atom stereocenters. The van der Waals surface area contributed by atoms with Gasteiger partial charge in [0.25, 0.3) is 0 Å². The molecule has 0 aliphatic rings. The van der Waals surface area contributed by atoms with Crippen molar-refractivity contribution in [3.05, 3.63) is 24.3 Å². The van der Waals surface area contributed by atoms with Gasteiger partial charge in [-0.15, -0.1) is 0 Å². The average molecular weight is 590 g/mol. The third-order valence-electron chi connectivity index (χ3n) is 8.36. The van der Waals surface area contributed by atoms with E-state index in [2.05, 4.69) is 57.1 Å². The Morgan fingerprint density at radius 2 is 0.881 bits per heavy atom. The van der Waals surface area contributed by atoms with Crippen LogP contribution in [0.5, 0.6) is 0 Å². The maximum Gasteiger partial charge on any atom is 0.306 e. The van der Waals surface area contributed by atoms with E-state index in [0.717, 1.165) is 25.8 Å². The zero-order valence-electron chi connectivity index (χ0n) is 29.2. The second-order valence-corrected chi connectivity index (χ2v) is 13.1. The lowest BCUT2D eigenvalue weighted by molar-refractivity contribution is -0.150. The van der Waals surface area contributed by atoms with Crippen LogP contribution in [0.25, 0.3) is 0 Å². The fourth-order valence-electron chi connectivity index (χ4n) is 5.58. The smallest absolute Gasteiger partial charge is 0.306 e. The number of hydrogen-bond acceptors (Lipinski definition) is 3. The number of allylic oxidation sites excluding steroid dienone is 4. The molecule has 3 nitrogen and oxygen atoms in total. The first kappa shape index (κ1) is 40.9. The van der Waals surface area contributed by atoms with Crippen molar-refractivity contribution in [1.29, 1.82) is 0 Å². The SMILES string of the molecule is CCCCCCC=CCCCCCCCCC(CCCCCCCCC=CCCCCCC)OC(=O)CCCN(C)C. The number of hydrogen-bond donors (Lipinski definition) is 0. The highest BCUT2D eigenvalue weighted by atomic mass is 16.5. The number of carbonyl (C=O) groups excluding carboxylic acids is 1. The lowest BCUT2D eigenvalue weighted by atomic mass is 10.0. The highest BCUT2D eigenvalue weighted by Gasteiger charge is 2.14. The van der Waals surface area contributed by atoms with E-state index in [-0.39, 0.29) is 12.1 Å². The number of rotatable bonds is 33. The number of ether oxygens (including phenoxy) is 1. The molecular weight excluding hydrogens is 514 g/mol. The van der Waals surface area contributed by atoms with E-state index in [0.29, 0.717) is 6.42 Å². The molecule has 42 heavy (non-hydrogen) atoms. The summed E-state index contributed by atoms with van der Waals surface area (Å²) in [5, 5.41) is 0. The molecular formula is C39H75NO2. The highest BCUT2D eigenvalue weighted by molar-refractivity contribution is 5.69. The van der Waals surface area contributed by atoms with Crippen molar-refractivity contribution in [2.45, 2.75) is 200 Å². The molecule has 0 unspecified atom stereocenters. The summed E-state index contributed by atoms with van der Waals surface area (Å²) in [4.78, 5) is 14.6. The molecule has 0 aromatic heterocycles. The van der Waals surface area contributed by atoms with E-state index < -0.39 is 0 Å². The molecule has 0 aliphatic carbocycles. The van der Waals surface area contributed by atoms with Gasteiger partial charge in [0.2, 0.25) is 0 Å². The predicted molar refractivity (Wildman–Crippen MR) is 187 cm³/mol. The molecule has 0 amide bonds. The van der Waals surface area contributed by atoms with Gasteiger partial charge in [-0.25, -0.2) is 0 Å². The van der Waals surface area contributed by atoms with Crippen molar-refractivity contribution in [2.75, 3.05) is 20.6 Å². The molecule has 0 spiro atoms. The van der Waals surface area contributed by atoms with Crippen LogP contribution in [0.2, 0.25) is 0 Å². The van der Waals surface area contributed by atoms with Crippen molar-refractivity contribution in [3.8, 4) is 0 Å². The molecule has 0 heterocycles. The van der Waals surface area contributed by atoms with Gasteiger partial charge in [0.1, 0.15) is 6.10 Å². The zero-order chi connectivity index (χ0) is 30.8. The first-order valence-corrected chi connectivity index (χ1v) is 18.7. The van der Waals surface area contributed by atoms with Crippen molar-refractivity contribution in [2.24, 2.45) is 0 Å². The van der Waals surface area contributed by atoms with Crippen LogP contribution in [-0.2, 0) is 9.53 Å². The fraction of sp³-hybridized carbons (Fsp3) is 0.872. The monoisotopic (exact) mass is 590 g/mol. The average Bonchev–Trinajstić information content (AvgIpc) is 2.97. The van der Waals surface area contributed by atoms with Crippen LogP contribution in [0.15, 0.2) is 24.3 Å². The molecule has 0 bridgehead atoms. The minimum Gasteiger partial charge on any atom is -0.462 e. The second-order valence-electron chi connectivity index (χ2n) is 13.1. The molecule has 0 aromatic carbocycles. The lowest BCUT2D eigenvalue weighted by Gasteiger charge is -2.18. The van der Waals surface area contributed by atoms with Gasteiger partial charge in [-0.2, -0.15) is 0 Å². The van der Waals surface area contributed by atoms with Crippen LogP contribution < -0.4 is 0 Å². The van der Waals surface area contributed by atoms with Crippen molar-refractivity contribution in [3.63, 3.8) is 0 Å². The number of carbonyl (C=O) groups is 1. The largest absolute Gasteiger partial charge is 0.462 e. The third-order valence-corrected chi connectivity index (χ3v) is 8.36. The zero-order valence-corrected chi connectivity index (χ0v) is 29.2. The third kappa shape index (κ3) is 33.4. The second kappa shape index (κ2) is 34.4. The van der Waals surface area contributed by atoms with Crippen molar-refractivity contribution < 1.29 is 9.53 Å². The summed E-state index contributed by atoms with van der Waals surface area (Å²) in [5.74, 6) is 0.0127. The van der Waals surface area contributed by atoms with Crippen LogP contribution in [0.1, 0.15) is 194 Å². The molecule has 0 saturated carbocycles. The molecule has 0 aliphatic heterocycles. The molecule has 0 rings (SSSR count). The van der Waals surface area contributed by atoms with Crippen LogP contribution in [0.3, 0.4) is 0 Å². The van der Waals surface area contributed by atoms with E-state index >= 15 is 0 Å².